The zero-order chi connectivity index (χ0) is 26.7. The van der Waals surface area contributed by atoms with Gasteiger partial charge < -0.3 is 4.74 Å². The van der Waals surface area contributed by atoms with Crippen LogP contribution in [-0.4, -0.2) is 20.8 Å². The van der Waals surface area contributed by atoms with Crippen molar-refractivity contribution in [3.8, 4) is 5.75 Å². The van der Waals surface area contributed by atoms with Crippen LogP contribution in [0.5, 0.6) is 5.75 Å². The zero-order valence-electron chi connectivity index (χ0n) is 19.8. The topological polar surface area (TPSA) is 99.6 Å². The monoisotopic (exact) mass is 602 g/mol. The largest absolute Gasteiger partial charge is 0.481 e. The summed E-state index contributed by atoms with van der Waals surface area (Å²) in [7, 11) is 0. The van der Waals surface area contributed by atoms with Crippen molar-refractivity contribution in [2.75, 3.05) is 0 Å². The number of rotatable bonds is 8. The van der Waals surface area contributed by atoms with Gasteiger partial charge in [-0.1, -0.05) is 71.2 Å². The number of aromatic nitrogens is 2. The number of fused-ring (bicyclic) bond motifs is 1. The van der Waals surface area contributed by atoms with Crippen LogP contribution in [0.2, 0.25) is 10.0 Å². The minimum Gasteiger partial charge on any atom is -0.481 e. The van der Waals surface area contributed by atoms with E-state index in [9.17, 15) is 14.9 Å². The Morgan fingerprint density at radius 1 is 1.22 bits per heavy atom. The molecule has 3 aromatic carbocycles. The van der Waals surface area contributed by atoms with E-state index in [4.69, 9.17) is 27.9 Å². The molecule has 11 heteroatoms. The van der Waals surface area contributed by atoms with Gasteiger partial charge >= 0.3 is 5.69 Å². The maximum absolute atomic E-state index is 13.4. The lowest BCUT2D eigenvalue weighted by molar-refractivity contribution is -0.385. The normalized spacial score (nSPS) is 12.2. The summed E-state index contributed by atoms with van der Waals surface area (Å²) >= 11 is 15.8. The maximum Gasteiger partial charge on any atom is 0.313 e. The van der Waals surface area contributed by atoms with E-state index in [1.165, 1.54) is 23.0 Å². The third kappa shape index (κ3) is 5.84. The average Bonchev–Trinajstić information content (AvgIpc) is 2.87. The molecule has 0 bridgehead atoms. The van der Waals surface area contributed by atoms with Crippen LogP contribution in [0.15, 0.2) is 69.0 Å². The molecule has 4 rings (SSSR count). The van der Waals surface area contributed by atoms with E-state index in [0.29, 0.717) is 27.3 Å². The number of nitro benzene ring substituents is 1. The van der Waals surface area contributed by atoms with E-state index in [-0.39, 0.29) is 40.1 Å². The molecule has 0 saturated heterocycles. The summed E-state index contributed by atoms with van der Waals surface area (Å²) in [5.41, 5.74) is 0.722. The first kappa shape index (κ1) is 26.8. The molecule has 0 aliphatic heterocycles. The van der Waals surface area contributed by atoms with Crippen molar-refractivity contribution in [2.24, 2.45) is 5.10 Å². The Bertz CT molecular complexity index is 1590. The maximum atomic E-state index is 13.4. The minimum atomic E-state index is -0.586. The summed E-state index contributed by atoms with van der Waals surface area (Å²) in [5.74, 6) is 0.337. The van der Waals surface area contributed by atoms with Crippen molar-refractivity contribution >= 4 is 61.9 Å². The van der Waals surface area contributed by atoms with E-state index >= 15 is 0 Å². The van der Waals surface area contributed by atoms with Crippen LogP contribution in [0.25, 0.3) is 10.9 Å². The second-order valence-corrected chi connectivity index (χ2v) is 10.0. The Balaban J connectivity index is 1.85. The van der Waals surface area contributed by atoms with Gasteiger partial charge in [0.1, 0.15) is 12.4 Å². The number of benzene rings is 3. The molecule has 0 saturated carbocycles. The fourth-order valence-electron chi connectivity index (χ4n) is 3.65. The number of nitrogens with zero attached hydrogens (tertiary/aromatic N) is 4. The van der Waals surface area contributed by atoms with Gasteiger partial charge in [0.2, 0.25) is 5.75 Å². The molecule has 4 aromatic rings. The van der Waals surface area contributed by atoms with Gasteiger partial charge in [-0.15, -0.1) is 0 Å². The first-order chi connectivity index (χ1) is 17.7. The van der Waals surface area contributed by atoms with Crippen LogP contribution >= 0.6 is 39.1 Å². The van der Waals surface area contributed by atoms with Gasteiger partial charge in [-0.2, -0.15) is 9.78 Å². The van der Waals surface area contributed by atoms with Crippen LogP contribution in [0.3, 0.4) is 0 Å². The molecule has 0 amide bonds. The Morgan fingerprint density at radius 3 is 2.68 bits per heavy atom. The lowest BCUT2D eigenvalue weighted by Crippen LogP contribution is -2.23. The van der Waals surface area contributed by atoms with Crippen LogP contribution in [0, 0.1) is 10.1 Å². The summed E-state index contributed by atoms with van der Waals surface area (Å²) in [4.78, 5) is 29.3. The number of nitro groups is 1. The van der Waals surface area contributed by atoms with Gasteiger partial charge in [-0.05, 0) is 36.8 Å². The third-order valence-corrected chi connectivity index (χ3v) is 6.87. The molecule has 0 N–H and O–H groups in total. The minimum absolute atomic E-state index is 0.0212. The highest BCUT2D eigenvalue weighted by atomic mass is 79.9. The molecule has 0 spiro atoms. The van der Waals surface area contributed by atoms with E-state index in [2.05, 4.69) is 26.0 Å². The average molecular weight is 604 g/mol. The molecule has 190 valence electrons. The molecule has 0 aliphatic rings. The molecular formula is C26H21BrCl2N4O4. The lowest BCUT2D eigenvalue weighted by atomic mass is 10.1. The van der Waals surface area contributed by atoms with Crippen LogP contribution < -0.4 is 10.3 Å². The SMILES string of the molecule is CC[C@@H](C)c1nc2ccc(Br)cc2c(=O)n1N=Cc1cc(Cl)cc([N+](=O)[O-])c1OCc1ccccc1Cl. The number of ether oxygens (including phenoxy) is 1. The third-order valence-electron chi connectivity index (χ3n) is 5.79. The Labute approximate surface area is 230 Å². The van der Waals surface area contributed by atoms with Crippen molar-refractivity contribution in [3.63, 3.8) is 0 Å². The summed E-state index contributed by atoms with van der Waals surface area (Å²) in [6.07, 6.45) is 2.04. The van der Waals surface area contributed by atoms with Crippen LogP contribution in [0.1, 0.15) is 43.1 Å². The van der Waals surface area contributed by atoms with Crippen molar-refractivity contribution < 1.29 is 9.66 Å². The van der Waals surface area contributed by atoms with Gasteiger partial charge in [0, 0.05) is 37.6 Å². The second kappa shape index (κ2) is 11.4. The van der Waals surface area contributed by atoms with E-state index in [0.717, 1.165) is 10.9 Å². The molecule has 0 unspecified atom stereocenters. The summed E-state index contributed by atoms with van der Waals surface area (Å²) in [6, 6.07) is 15.0. The van der Waals surface area contributed by atoms with Gasteiger partial charge in [-0.25, -0.2) is 4.98 Å². The van der Waals surface area contributed by atoms with Gasteiger partial charge in [0.05, 0.1) is 22.0 Å². The number of halogens is 3. The summed E-state index contributed by atoms with van der Waals surface area (Å²) < 4.78 is 7.81. The summed E-state index contributed by atoms with van der Waals surface area (Å²) in [5, 5.41) is 17.2. The molecule has 37 heavy (non-hydrogen) atoms. The molecule has 1 aromatic heterocycles. The second-order valence-electron chi connectivity index (χ2n) is 8.28. The smallest absolute Gasteiger partial charge is 0.313 e. The highest BCUT2D eigenvalue weighted by Crippen LogP contribution is 2.35. The van der Waals surface area contributed by atoms with Crippen molar-refractivity contribution in [2.45, 2.75) is 32.8 Å². The number of hydrogen-bond acceptors (Lipinski definition) is 6. The van der Waals surface area contributed by atoms with E-state index in [1.807, 2.05) is 19.9 Å². The van der Waals surface area contributed by atoms with Gasteiger partial charge in [0.15, 0.2) is 0 Å². The summed E-state index contributed by atoms with van der Waals surface area (Å²) in [6.45, 7) is 3.91. The van der Waals surface area contributed by atoms with Gasteiger partial charge in [-0.3, -0.25) is 14.9 Å². The first-order valence-electron chi connectivity index (χ1n) is 11.3. The van der Waals surface area contributed by atoms with Crippen molar-refractivity contribution in [1.29, 1.82) is 0 Å². The van der Waals surface area contributed by atoms with Crippen molar-refractivity contribution in [1.82, 2.24) is 9.66 Å². The Hall–Kier alpha value is -3.27. The van der Waals surface area contributed by atoms with Crippen LogP contribution in [-0.2, 0) is 6.61 Å². The standard InChI is InChI=1S/C26H21BrCl2N4O4/c1-3-15(2)25-31-22-9-8-18(27)11-20(22)26(34)32(25)30-13-17-10-19(28)12-23(33(35)36)24(17)37-14-16-6-4-5-7-21(16)29/h4-13,15H,3,14H2,1-2H3/t15-/m1/s1. The zero-order valence-corrected chi connectivity index (χ0v) is 22.9. The highest BCUT2D eigenvalue weighted by molar-refractivity contribution is 9.10. The highest BCUT2D eigenvalue weighted by Gasteiger charge is 2.22. The number of hydrogen-bond donors (Lipinski definition) is 0. The molecule has 1 atom stereocenters. The van der Waals surface area contributed by atoms with Crippen molar-refractivity contribution in [3.05, 3.63) is 107 Å². The first-order valence-corrected chi connectivity index (χ1v) is 12.8. The molecule has 8 nitrogen and oxygen atoms in total. The predicted molar refractivity (Wildman–Crippen MR) is 149 cm³/mol. The Morgan fingerprint density at radius 2 is 1.97 bits per heavy atom. The molecule has 0 radical (unpaired) electrons. The molecule has 0 aliphatic carbocycles. The fourth-order valence-corrected chi connectivity index (χ4v) is 4.43. The van der Waals surface area contributed by atoms with Crippen LogP contribution in [0.4, 0.5) is 5.69 Å². The quantitative estimate of drug-likeness (QED) is 0.119. The lowest BCUT2D eigenvalue weighted by Gasteiger charge is -2.14. The Kier molecular flexibility index (Phi) is 8.26. The van der Waals surface area contributed by atoms with E-state index in [1.54, 1.807) is 36.4 Å². The predicted octanol–water partition coefficient (Wildman–Crippen LogP) is 7.35. The fraction of sp³-hybridized carbons (Fsp3) is 0.192. The van der Waals surface area contributed by atoms with E-state index < -0.39 is 4.92 Å². The molecular weight excluding hydrogens is 583 g/mol. The molecule has 1 heterocycles. The van der Waals surface area contributed by atoms with Gasteiger partial charge in [0.25, 0.3) is 5.56 Å². The molecule has 0 fully saturated rings.